The summed E-state index contributed by atoms with van der Waals surface area (Å²) < 4.78 is 37.4. The van der Waals surface area contributed by atoms with Gasteiger partial charge < -0.3 is 14.8 Å². The van der Waals surface area contributed by atoms with E-state index in [2.05, 4.69) is 11.9 Å². The summed E-state index contributed by atoms with van der Waals surface area (Å²) in [5.41, 5.74) is 0.518. The van der Waals surface area contributed by atoms with Crippen molar-refractivity contribution in [1.29, 1.82) is 0 Å². The lowest BCUT2D eigenvalue weighted by Crippen LogP contribution is -2.19. The van der Waals surface area contributed by atoms with Crippen LogP contribution in [0.5, 0.6) is 5.75 Å². The Morgan fingerprint density at radius 3 is 2.53 bits per heavy atom. The fraction of sp³-hybridized carbons (Fsp3) is 0.429. The zero-order valence-corrected chi connectivity index (χ0v) is 11.2. The van der Waals surface area contributed by atoms with E-state index in [4.69, 9.17) is 9.47 Å². The maximum atomic E-state index is 13.7. The fourth-order valence-corrected chi connectivity index (χ4v) is 1.47. The van der Waals surface area contributed by atoms with Gasteiger partial charge in [-0.1, -0.05) is 12.7 Å². The van der Waals surface area contributed by atoms with Gasteiger partial charge in [0.1, 0.15) is 6.10 Å². The monoisotopic (exact) mass is 271 g/mol. The lowest BCUT2D eigenvalue weighted by atomic mass is 10.2. The Bertz CT molecular complexity index is 401. The van der Waals surface area contributed by atoms with Crippen molar-refractivity contribution >= 4 is 0 Å². The lowest BCUT2D eigenvalue weighted by Gasteiger charge is -2.13. The number of hydrogen-bond donors (Lipinski definition) is 1. The standard InChI is InChI=1S/C14H19F2NO2/c1-4-10(2)19-14-12(15)7-11(8-13(14)16)9-17-5-6-18-3/h4,7-8,10,17H,1,5-6,9H2,2-3H3. The van der Waals surface area contributed by atoms with E-state index in [1.165, 1.54) is 18.2 Å². The summed E-state index contributed by atoms with van der Waals surface area (Å²) in [6, 6.07) is 2.52. The van der Waals surface area contributed by atoms with Crippen LogP contribution in [0.15, 0.2) is 24.8 Å². The Morgan fingerprint density at radius 1 is 1.37 bits per heavy atom. The molecule has 1 aromatic rings. The van der Waals surface area contributed by atoms with E-state index in [9.17, 15) is 8.78 Å². The predicted molar refractivity (Wildman–Crippen MR) is 70.2 cm³/mol. The molecule has 1 atom stereocenters. The van der Waals surface area contributed by atoms with E-state index in [1.807, 2.05) is 0 Å². The van der Waals surface area contributed by atoms with Gasteiger partial charge in [-0.15, -0.1) is 0 Å². The van der Waals surface area contributed by atoms with E-state index in [1.54, 1.807) is 14.0 Å². The Balaban J connectivity index is 2.70. The maximum Gasteiger partial charge on any atom is 0.191 e. The summed E-state index contributed by atoms with van der Waals surface area (Å²) in [6.07, 6.45) is 1.02. The van der Waals surface area contributed by atoms with Gasteiger partial charge in [-0.3, -0.25) is 0 Å². The fourth-order valence-electron chi connectivity index (χ4n) is 1.47. The molecular weight excluding hydrogens is 252 g/mol. The average Bonchev–Trinajstić information content (AvgIpc) is 2.38. The van der Waals surface area contributed by atoms with Crippen molar-refractivity contribution in [2.75, 3.05) is 20.3 Å². The van der Waals surface area contributed by atoms with Gasteiger partial charge in [-0.05, 0) is 24.6 Å². The molecule has 106 valence electrons. The van der Waals surface area contributed by atoms with Crippen molar-refractivity contribution < 1.29 is 18.3 Å². The van der Waals surface area contributed by atoms with E-state index >= 15 is 0 Å². The molecule has 1 unspecified atom stereocenters. The molecule has 0 amide bonds. The van der Waals surface area contributed by atoms with Gasteiger partial charge in [0.25, 0.3) is 0 Å². The Hall–Kier alpha value is -1.46. The largest absolute Gasteiger partial charge is 0.481 e. The van der Waals surface area contributed by atoms with Crippen molar-refractivity contribution in [1.82, 2.24) is 5.32 Å². The first-order valence-electron chi connectivity index (χ1n) is 6.05. The second kappa shape index (κ2) is 7.86. The number of nitrogens with one attached hydrogen (secondary N) is 1. The molecule has 0 saturated carbocycles. The molecule has 1 N–H and O–H groups in total. The van der Waals surface area contributed by atoms with Crippen LogP contribution >= 0.6 is 0 Å². The van der Waals surface area contributed by atoms with Gasteiger partial charge in [0.05, 0.1) is 6.61 Å². The highest BCUT2D eigenvalue weighted by atomic mass is 19.1. The van der Waals surface area contributed by atoms with Gasteiger partial charge in [0.2, 0.25) is 0 Å². The van der Waals surface area contributed by atoms with Crippen LogP contribution in [0, 0.1) is 11.6 Å². The van der Waals surface area contributed by atoms with Gasteiger partial charge in [0, 0.05) is 20.2 Å². The molecule has 0 saturated heterocycles. The third kappa shape index (κ3) is 4.96. The van der Waals surface area contributed by atoms with Crippen LogP contribution in [0.25, 0.3) is 0 Å². The normalized spacial score (nSPS) is 12.2. The highest BCUT2D eigenvalue weighted by molar-refractivity contribution is 5.31. The molecule has 0 fully saturated rings. The minimum absolute atomic E-state index is 0.368. The molecule has 0 aliphatic rings. The predicted octanol–water partition coefficient (Wildman–Crippen LogP) is 2.65. The van der Waals surface area contributed by atoms with Gasteiger partial charge in [0.15, 0.2) is 17.4 Å². The topological polar surface area (TPSA) is 30.5 Å². The molecule has 3 nitrogen and oxygen atoms in total. The second-order valence-electron chi connectivity index (χ2n) is 4.12. The zero-order valence-electron chi connectivity index (χ0n) is 11.2. The van der Waals surface area contributed by atoms with E-state index in [-0.39, 0.29) is 5.75 Å². The van der Waals surface area contributed by atoms with Crippen LogP contribution in [0.4, 0.5) is 8.78 Å². The summed E-state index contributed by atoms with van der Waals surface area (Å²) in [7, 11) is 1.59. The molecule has 1 aromatic carbocycles. The van der Waals surface area contributed by atoms with E-state index in [0.29, 0.717) is 25.3 Å². The molecule has 0 aliphatic carbocycles. The van der Waals surface area contributed by atoms with Crippen LogP contribution in [0.1, 0.15) is 12.5 Å². The molecule has 1 rings (SSSR count). The third-order valence-electron chi connectivity index (χ3n) is 2.51. The third-order valence-corrected chi connectivity index (χ3v) is 2.51. The van der Waals surface area contributed by atoms with Crippen molar-refractivity contribution in [3.8, 4) is 5.75 Å². The lowest BCUT2D eigenvalue weighted by molar-refractivity contribution is 0.199. The minimum atomic E-state index is -0.711. The molecule has 5 heteroatoms. The maximum absolute atomic E-state index is 13.7. The number of hydrogen-bond acceptors (Lipinski definition) is 3. The number of rotatable bonds is 8. The summed E-state index contributed by atoms with van der Waals surface area (Å²) in [5.74, 6) is -1.79. The number of benzene rings is 1. The van der Waals surface area contributed by atoms with E-state index < -0.39 is 17.7 Å². The summed E-state index contributed by atoms with van der Waals surface area (Å²) in [5, 5.41) is 3.01. The second-order valence-corrected chi connectivity index (χ2v) is 4.12. The van der Waals surface area contributed by atoms with Crippen LogP contribution in [-0.4, -0.2) is 26.4 Å². The van der Waals surface area contributed by atoms with Crippen molar-refractivity contribution in [2.45, 2.75) is 19.6 Å². The van der Waals surface area contributed by atoms with Crippen molar-refractivity contribution in [3.05, 3.63) is 42.0 Å². The van der Waals surface area contributed by atoms with Crippen LogP contribution < -0.4 is 10.1 Å². The smallest absolute Gasteiger partial charge is 0.191 e. The van der Waals surface area contributed by atoms with Crippen molar-refractivity contribution in [3.63, 3.8) is 0 Å². The molecular formula is C14H19F2NO2. The average molecular weight is 271 g/mol. The first-order chi connectivity index (χ1) is 9.08. The van der Waals surface area contributed by atoms with E-state index in [0.717, 1.165) is 0 Å². The quantitative estimate of drug-likeness (QED) is 0.582. The van der Waals surface area contributed by atoms with Gasteiger partial charge >= 0.3 is 0 Å². The minimum Gasteiger partial charge on any atom is -0.481 e. The number of ether oxygens (including phenoxy) is 2. The summed E-state index contributed by atoms with van der Waals surface area (Å²) in [6.45, 7) is 6.69. The summed E-state index contributed by atoms with van der Waals surface area (Å²) >= 11 is 0. The molecule has 0 heterocycles. The molecule has 0 radical (unpaired) electrons. The number of methoxy groups -OCH3 is 1. The molecule has 0 bridgehead atoms. The number of halogens is 2. The first kappa shape index (κ1) is 15.6. The molecule has 0 spiro atoms. The van der Waals surface area contributed by atoms with Crippen molar-refractivity contribution in [2.24, 2.45) is 0 Å². The Labute approximate surface area is 112 Å². The van der Waals surface area contributed by atoms with Gasteiger partial charge in [-0.2, -0.15) is 0 Å². The molecule has 19 heavy (non-hydrogen) atoms. The zero-order chi connectivity index (χ0) is 14.3. The van der Waals surface area contributed by atoms with Crippen LogP contribution in [-0.2, 0) is 11.3 Å². The Kier molecular flexibility index (Phi) is 6.45. The van der Waals surface area contributed by atoms with Crippen LogP contribution in [0.2, 0.25) is 0 Å². The SMILES string of the molecule is C=CC(C)Oc1c(F)cc(CNCCOC)cc1F. The highest BCUT2D eigenvalue weighted by Gasteiger charge is 2.14. The molecule has 0 aromatic heterocycles. The first-order valence-corrected chi connectivity index (χ1v) is 6.05. The summed E-state index contributed by atoms with van der Waals surface area (Å²) in [4.78, 5) is 0. The highest BCUT2D eigenvalue weighted by Crippen LogP contribution is 2.24. The van der Waals surface area contributed by atoms with Gasteiger partial charge in [-0.25, -0.2) is 8.78 Å². The Morgan fingerprint density at radius 2 is 2.00 bits per heavy atom. The van der Waals surface area contributed by atoms with Crippen LogP contribution in [0.3, 0.4) is 0 Å². The molecule has 0 aliphatic heterocycles.